The molecule has 3 nitrogen and oxygen atoms in total. The summed E-state index contributed by atoms with van der Waals surface area (Å²) in [5.41, 5.74) is 0.551. The van der Waals surface area contributed by atoms with E-state index >= 15 is 0 Å². The van der Waals surface area contributed by atoms with Gasteiger partial charge >= 0.3 is 0 Å². The van der Waals surface area contributed by atoms with E-state index in [-0.39, 0.29) is 5.75 Å². The Morgan fingerprint density at radius 1 is 1.35 bits per heavy atom. The molecule has 3 heterocycles. The summed E-state index contributed by atoms with van der Waals surface area (Å²) in [6.45, 7) is 2.04. The highest BCUT2D eigenvalue weighted by Crippen LogP contribution is 2.33. The molecule has 5 heteroatoms. The molecule has 3 aromatic heterocycles. The molecule has 0 bridgehead atoms. The average Bonchev–Trinajstić information content (AvgIpc) is 2.84. The van der Waals surface area contributed by atoms with Crippen molar-refractivity contribution in [3.63, 3.8) is 0 Å². The Bertz CT molecular complexity index is 702. The number of hydrogen-bond acceptors (Lipinski definition) is 3. The molecule has 0 aliphatic rings. The number of imidazole rings is 1. The maximum atomic E-state index is 9.78. The predicted molar refractivity (Wildman–Crippen MR) is 69.9 cm³/mol. The van der Waals surface area contributed by atoms with Crippen LogP contribution in [0.3, 0.4) is 0 Å². The molecule has 0 saturated carbocycles. The summed E-state index contributed by atoms with van der Waals surface area (Å²) in [5, 5.41) is 10.1. The maximum Gasteiger partial charge on any atom is 0.159 e. The monoisotopic (exact) mass is 264 g/mol. The van der Waals surface area contributed by atoms with E-state index in [4.69, 9.17) is 11.6 Å². The second kappa shape index (κ2) is 3.75. The summed E-state index contributed by atoms with van der Waals surface area (Å²) in [7, 11) is 0. The summed E-state index contributed by atoms with van der Waals surface area (Å²) in [6.07, 6.45) is 1.85. The van der Waals surface area contributed by atoms with Crippen LogP contribution in [0.4, 0.5) is 0 Å². The highest BCUT2D eigenvalue weighted by Gasteiger charge is 2.14. The van der Waals surface area contributed by atoms with E-state index in [1.54, 1.807) is 23.5 Å². The van der Waals surface area contributed by atoms with Gasteiger partial charge in [0, 0.05) is 11.1 Å². The molecule has 0 fully saturated rings. The van der Waals surface area contributed by atoms with Gasteiger partial charge in [-0.05, 0) is 31.2 Å². The lowest BCUT2D eigenvalue weighted by molar-refractivity contribution is 0.479. The van der Waals surface area contributed by atoms with Gasteiger partial charge in [-0.3, -0.25) is 4.40 Å². The molecule has 0 atom stereocenters. The Labute approximate surface area is 107 Å². The number of aromatic nitrogens is 2. The first-order valence-corrected chi connectivity index (χ1v) is 6.28. The van der Waals surface area contributed by atoms with Gasteiger partial charge in [0.2, 0.25) is 0 Å². The third-order valence-electron chi connectivity index (χ3n) is 2.56. The van der Waals surface area contributed by atoms with Gasteiger partial charge in [-0.2, -0.15) is 0 Å². The average molecular weight is 265 g/mol. The molecule has 86 valence electrons. The van der Waals surface area contributed by atoms with Crippen molar-refractivity contribution in [2.24, 2.45) is 0 Å². The third kappa shape index (κ3) is 1.61. The first kappa shape index (κ1) is 10.6. The van der Waals surface area contributed by atoms with Crippen LogP contribution in [0.2, 0.25) is 5.15 Å². The highest BCUT2D eigenvalue weighted by atomic mass is 35.5. The summed E-state index contributed by atoms with van der Waals surface area (Å²) in [4.78, 5) is 6.57. The van der Waals surface area contributed by atoms with E-state index < -0.39 is 0 Å². The fraction of sp³-hybridized carbons (Fsp3) is 0.0833. The number of aromatic hydroxyl groups is 1. The maximum absolute atomic E-state index is 9.78. The molecule has 0 aliphatic carbocycles. The smallest absolute Gasteiger partial charge is 0.159 e. The Hall–Kier alpha value is -1.52. The van der Waals surface area contributed by atoms with Crippen molar-refractivity contribution < 1.29 is 5.11 Å². The molecular formula is C12H9ClN2OS. The second-order valence-corrected chi connectivity index (χ2v) is 5.39. The van der Waals surface area contributed by atoms with Crippen molar-refractivity contribution in [2.45, 2.75) is 6.92 Å². The molecule has 3 rings (SSSR count). The van der Waals surface area contributed by atoms with Gasteiger partial charge in [-0.1, -0.05) is 11.6 Å². The van der Waals surface area contributed by atoms with Crippen molar-refractivity contribution in [3.8, 4) is 16.5 Å². The van der Waals surface area contributed by atoms with E-state index in [9.17, 15) is 5.11 Å². The Morgan fingerprint density at radius 2 is 2.18 bits per heavy atom. The van der Waals surface area contributed by atoms with E-state index in [0.29, 0.717) is 10.7 Å². The van der Waals surface area contributed by atoms with E-state index in [1.165, 1.54) is 4.88 Å². The Balaban J connectivity index is 2.35. The minimum atomic E-state index is 0.143. The van der Waals surface area contributed by atoms with E-state index in [0.717, 1.165) is 10.7 Å². The van der Waals surface area contributed by atoms with Crippen molar-refractivity contribution in [2.75, 3.05) is 0 Å². The molecule has 0 aromatic carbocycles. The molecular weight excluding hydrogens is 256 g/mol. The SMILES string of the molecule is Cc1ccc(-c2nc(Cl)c3c(O)cccn23)s1. The Kier molecular flexibility index (Phi) is 2.34. The number of hydrogen-bond donors (Lipinski definition) is 1. The summed E-state index contributed by atoms with van der Waals surface area (Å²) in [5.74, 6) is 0.906. The number of aryl methyl sites for hydroxylation is 1. The number of fused-ring (bicyclic) bond motifs is 1. The largest absolute Gasteiger partial charge is 0.506 e. The number of halogens is 1. The molecule has 3 aromatic rings. The molecule has 0 unspecified atom stereocenters. The van der Waals surface area contributed by atoms with Gasteiger partial charge in [0.05, 0.1) is 4.88 Å². The zero-order valence-corrected chi connectivity index (χ0v) is 10.6. The van der Waals surface area contributed by atoms with Crippen molar-refractivity contribution >= 4 is 28.5 Å². The zero-order valence-electron chi connectivity index (χ0n) is 9.01. The summed E-state index contributed by atoms with van der Waals surface area (Å²) < 4.78 is 1.81. The minimum absolute atomic E-state index is 0.143. The van der Waals surface area contributed by atoms with Gasteiger partial charge in [0.1, 0.15) is 11.3 Å². The van der Waals surface area contributed by atoms with E-state index in [1.807, 2.05) is 29.7 Å². The van der Waals surface area contributed by atoms with Crippen LogP contribution in [0.15, 0.2) is 30.5 Å². The molecule has 0 amide bonds. The fourth-order valence-electron chi connectivity index (χ4n) is 1.81. The van der Waals surface area contributed by atoms with Gasteiger partial charge < -0.3 is 5.11 Å². The number of nitrogens with zero attached hydrogens (tertiary/aromatic N) is 2. The van der Waals surface area contributed by atoms with Gasteiger partial charge in [0.15, 0.2) is 11.0 Å². The van der Waals surface area contributed by atoms with Crippen LogP contribution in [-0.4, -0.2) is 14.5 Å². The molecule has 17 heavy (non-hydrogen) atoms. The van der Waals surface area contributed by atoms with Crippen LogP contribution < -0.4 is 0 Å². The van der Waals surface area contributed by atoms with Crippen LogP contribution in [0.5, 0.6) is 5.75 Å². The standard InChI is InChI=1S/C12H9ClN2OS/c1-7-4-5-9(17-7)12-14-11(13)10-8(16)3-2-6-15(10)12/h2-6,16H,1H3. The number of pyridine rings is 1. The molecule has 0 spiro atoms. The van der Waals surface area contributed by atoms with Gasteiger partial charge in [0.25, 0.3) is 0 Å². The van der Waals surface area contributed by atoms with Gasteiger partial charge in [-0.25, -0.2) is 4.98 Å². The Morgan fingerprint density at radius 3 is 2.88 bits per heavy atom. The number of thiophene rings is 1. The molecule has 0 aliphatic heterocycles. The van der Waals surface area contributed by atoms with Crippen molar-refractivity contribution in [1.82, 2.24) is 9.38 Å². The normalized spacial score (nSPS) is 11.2. The van der Waals surface area contributed by atoms with Crippen LogP contribution in [0.25, 0.3) is 16.2 Å². The molecule has 0 radical (unpaired) electrons. The second-order valence-electron chi connectivity index (χ2n) is 3.75. The highest BCUT2D eigenvalue weighted by molar-refractivity contribution is 7.15. The first-order valence-electron chi connectivity index (χ1n) is 5.09. The minimum Gasteiger partial charge on any atom is -0.506 e. The number of rotatable bonds is 1. The summed E-state index contributed by atoms with van der Waals surface area (Å²) in [6, 6.07) is 7.42. The molecule has 1 N–H and O–H groups in total. The van der Waals surface area contributed by atoms with Crippen LogP contribution in [0.1, 0.15) is 4.88 Å². The predicted octanol–water partition coefficient (Wildman–Crippen LogP) is 3.73. The first-order chi connectivity index (χ1) is 8.16. The summed E-state index contributed by atoms with van der Waals surface area (Å²) >= 11 is 7.70. The van der Waals surface area contributed by atoms with Crippen LogP contribution in [-0.2, 0) is 0 Å². The van der Waals surface area contributed by atoms with Crippen LogP contribution >= 0.6 is 22.9 Å². The quantitative estimate of drug-likeness (QED) is 0.727. The lowest BCUT2D eigenvalue weighted by Gasteiger charge is -1.99. The van der Waals surface area contributed by atoms with Crippen molar-refractivity contribution in [1.29, 1.82) is 0 Å². The van der Waals surface area contributed by atoms with Crippen LogP contribution in [0, 0.1) is 6.92 Å². The van der Waals surface area contributed by atoms with Crippen molar-refractivity contribution in [3.05, 3.63) is 40.5 Å². The lowest BCUT2D eigenvalue weighted by atomic mass is 10.4. The third-order valence-corrected chi connectivity index (χ3v) is 3.82. The zero-order chi connectivity index (χ0) is 12.0. The van der Waals surface area contributed by atoms with Gasteiger partial charge in [-0.15, -0.1) is 11.3 Å². The topological polar surface area (TPSA) is 37.5 Å². The molecule has 0 saturated heterocycles. The van der Waals surface area contributed by atoms with E-state index in [2.05, 4.69) is 4.98 Å². The lowest BCUT2D eigenvalue weighted by Crippen LogP contribution is -1.86. The fourth-order valence-corrected chi connectivity index (χ4v) is 2.93.